The van der Waals surface area contributed by atoms with Crippen molar-refractivity contribution < 1.29 is 14.6 Å². The van der Waals surface area contributed by atoms with Gasteiger partial charge in [-0.25, -0.2) is 0 Å². The minimum atomic E-state index is -0.581. The molecule has 0 unspecified atom stereocenters. The van der Waals surface area contributed by atoms with Crippen molar-refractivity contribution in [2.24, 2.45) is 5.41 Å². The summed E-state index contributed by atoms with van der Waals surface area (Å²) in [6.07, 6.45) is 1.41. The van der Waals surface area contributed by atoms with Gasteiger partial charge in [-0.2, -0.15) is 0 Å². The molecule has 1 fully saturated rings. The largest absolute Gasteiger partial charge is 0.389 e. The fourth-order valence-electron chi connectivity index (χ4n) is 1.75. The van der Waals surface area contributed by atoms with Crippen LogP contribution < -0.4 is 0 Å². The van der Waals surface area contributed by atoms with Gasteiger partial charge in [0.05, 0.1) is 5.60 Å². The van der Waals surface area contributed by atoms with Crippen LogP contribution in [0.4, 0.5) is 0 Å². The molecule has 1 aliphatic carbocycles. The first kappa shape index (κ1) is 12.0. The summed E-state index contributed by atoms with van der Waals surface area (Å²) in [5.41, 5.74) is -0.902. The van der Waals surface area contributed by atoms with E-state index in [4.69, 9.17) is 9.47 Å². The molecule has 0 aliphatic heterocycles. The predicted octanol–water partition coefficient (Wildman–Crippen LogP) is 1.94. The number of aliphatic hydroxyl groups is 1. The third kappa shape index (κ3) is 2.10. The van der Waals surface area contributed by atoms with Crippen LogP contribution in [0.5, 0.6) is 0 Å². The molecule has 0 heterocycles. The van der Waals surface area contributed by atoms with Crippen molar-refractivity contribution in [3.8, 4) is 0 Å². The first-order chi connectivity index (χ1) is 6.48. The lowest BCUT2D eigenvalue weighted by Crippen LogP contribution is -2.45. The summed E-state index contributed by atoms with van der Waals surface area (Å²) >= 11 is 0. The Bertz CT molecular complexity index is 179. The second kappa shape index (κ2) is 4.17. The summed E-state index contributed by atoms with van der Waals surface area (Å²) < 4.78 is 11.1. The maximum atomic E-state index is 10.1. The molecule has 1 saturated carbocycles. The van der Waals surface area contributed by atoms with Crippen LogP contribution in [-0.2, 0) is 9.47 Å². The molecule has 0 radical (unpaired) electrons. The Morgan fingerprint density at radius 1 is 1.21 bits per heavy atom. The lowest BCUT2D eigenvalue weighted by atomic mass is 9.83. The molecule has 14 heavy (non-hydrogen) atoms. The maximum absolute atomic E-state index is 10.1. The van der Waals surface area contributed by atoms with Crippen LogP contribution in [0, 0.1) is 5.41 Å². The quantitative estimate of drug-likeness (QED) is 0.669. The van der Waals surface area contributed by atoms with Crippen LogP contribution in [-0.4, -0.2) is 30.2 Å². The molecule has 3 heteroatoms. The first-order valence-corrected chi connectivity index (χ1v) is 5.43. The van der Waals surface area contributed by atoms with Crippen LogP contribution in [0.2, 0.25) is 0 Å². The Balaban J connectivity index is 2.64. The van der Waals surface area contributed by atoms with Gasteiger partial charge in [-0.05, 0) is 26.7 Å². The molecule has 0 aromatic rings. The van der Waals surface area contributed by atoms with E-state index in [-0.39, 0.29) is 11.7 Å². The van der Waals surface area contributed by atoms with Gasteiger partial charge in [0.1, 0.15) is 0 Å². The van der Waals surface area contributed by atoms with Crippen molar-refractivity contribution in [3.63, 3.8) is 0 Å². The number of ether oxygens (including phenoxy) is 2. The standard InChI is InChI=1S/C11H22O3/c1-5-13-9(14-6-2)10(3,4)11(12)7-8-11/h9,12H,5-8H2,1-4H3. The molecule has 0 saturated heterocycles. The lowest BCUT2D eigenvalue weighted by molar-refractivity contribution is -0.225. The van der Waals surface area contributed by atoms with Crippen molar-refractivity contribution in [2.75, 3.05) is 13.2 Å². The van der Waals surface area contributed by atoms with E-state index in [2.05, 4.69) is 0 Å². The molecule has 0 amide bonds. The summed E-state index contributed by atoms with van der Waals surface area (Å²) in [5.74, 6) is 0. The average molecular weight is 202 g/mol. The smallest absolute Gasteiger partial charge is 0.165 e. The third-order valence-corrected chi connectivity index (χ3v) is 3.15. The van der Waals surface area contributed by atoms with E-state index in [1.807, 2.05) is 27.7 Å². The van der Waals surface area contributed by atoms with Crippen LogP contribution >= 0.6 is 0 Å². The Morgan fingerprint density at radius 3 is 1.93 bits per heavy atom. The number of hydrogen-bond donors (Lipinski definition) is 1. The molecule has 84 valence electrons. The second-order valence-electron chi connectivity index (χ2n) is 4.50. The third-order valence-electron chi connectivity index (χ3n) is 3.15. The highest BCUT2D eigenvalue weighted by Crippen LogP contribution is 2.52. The van der Waals surface area contributed by atoms with Gasteiger partial charge in [-0.15, -0.1) is 0 Å². The lowest BCUT2D eigenvalue weighted by Gasteiger charge is -2.37. The fraction of sp³-hybridized carbons (Fsp3) is 1.00. The van der Waals surface area contributed by atoms with Gasteiger partial charge in [0.2, 0.25) is 0 Å². The molecule has 0 bridgehead atoms. The van der Waals surface area contributed by atoms with E-state index >= 15 is 0 Å². The second-order valence-corrected chi connectivity index (χ2v) is 4.50. The monoisotopic (exact) mass is 202 g/mol. The average Bonchev–Trinajstić information content (AvgIpc) is 2.85. The Hall–Kier alpha value is -0.120. The van der Waals surface area contributed by atoms with E-state index in [0.29, 0.717) is 13.2 Å². The van der Waals surface area contributed by atoms with Crippen molar-refractivity contribution in [2.45, 2.75) is 52.4 Å². The van der Waals surface area contributed by atoms with E-state index in [0.717, 1.165) is 12.8 Å². The summed E-state index contributed by atoms with van der Waals surface area (Å²) in [5, 5.41) is 10.1. The van der Waals surface area contributed by atoms with E-state index < -0.39 is 5.60 Å². The first-order valence-electron chi connectivity index (χ1n) is 5.43. The topological polar surface area (TPSA) is 38.7 Å². The summed E-state index contributed by atoms with van der Waals surface area (Å²) in [4.78, 5) is 0. The highest BCUT2D eigenvalue weighted by molar-refractivity contribution is 5.06. The van der Waals surface area contributed by atoms with E-state index in [1.165, 1.54) is 0 Å². The van der Waals surface area contributed by atoms with Crippen LogP contribution in [0.3, 0.4) is 0 Å². The fourth-order valence-corrected chi connectivity index (χ4v) is 1.75. The van der Waals surface area contributed by atoms with Crippen LogP contribution in [0.1, 0.15) is 40.5 Å². The molecule has 0 atom stereocenters. The van der Waals surface area contributed by atoms with Crippen molar-refractivity contribution >= 4 is 0 Å². The normalized spacial score (nSPS) is 20.1. The minimum absolute atomic E-state index is 0.301. The highest BCUT2D eigenvalue weighted by Gasteiger charge is 2.57. The van der Waals surface area contributed by atoms with Gasteiger partial charge >= 0.3 is 0 Å². The van der Waals surface area contributed by atoms with Gasteiger partial charge in [-0.1, -0.05) is 13.8 Å². The summed E-state index contributed by atoms with van der Waals surface area (Å²) in [7, 11) is 0. The molecule has 1 N–H and O–H groups in total. The van der Waals surface area contributed by atoms with E-state index in [9.17, 15) is 5.11 Å². The van der Waals surface area contributed by atoms with Crippen molar-refractivity contribution in [1.82, 2.24) is 0 Å². The van der Waals surface area contributed by atoms with Crippen LogP contribution in [0.25, 0.3) is 0 Å². The van der Waals surface area contributed by atoms with Crippen molar-refractivity contribution in [1.29, 1.82) is 0 Å². The van der Waals surface area contributed by atoms with Crippen LogP contribution in [0.15, 0.2) is 0 Å². The van der Waals surface area contributed by atoms with Gasteiger partial charge in [0, 0.05) is 18.6 Å². The zero-order chi connectivity index (χ0) is 10.8. The molecule has 0 aromatic carbocycles. The summed E-state index contributed by atoms with van der Waals surface area (Å²) in [6.45, 7) is 9.14. The molecule has 1 rings (SSSR count). The number of rotatable bonds is 6. The maximum Gasteiger partial charge on any atom is 0.165 e. The SMILES string of the molecule is CCOC(OCC)C(C)(C)C1(O)CC1. The zero-order valence-electron chi connectivity index (χ0n) is 9.67. The van der Waals surface area contributed by atoms with Gasteiger partial charge in [0.15, 0.2) is 6.29 Å². The van der Waals surface area contributed by atoms with Gasteiger partial charge < -0.3 is 14.6 Å². The molecule has 3 nitrogen and oxygen atoms in total. The highest BCUT2D eigenvalue weighted by atomic mass is 16.7. The molecular formula is C11H22O3. The molecule has 1 aliphatic rings. The zero-order valence-corrected chi connectivity index (χ0v) is 9.67. The summed E-state index contributed by atoms with van der Waals surface area (Å²) in [6, 6.07) is 0. The molecule has 0 spiro atoms. The Labute approximate surface area is 86.4 Å². The van der Waals surface area contributed by atoms with E-state index in [1.54, 1.807) is 0 Å². The Kier molecular flexibility index (Phi) is 3.56. The van der Waals surface area contributed by atoms with Crippen molar-refractivity contribution in [3.05, 3.63) is 0 Å². The molecule has 0 aromatic heterocycles. The molecular weight excluding hydrogens is 180 g/mol. The van der Waals surface area contributed by atoms with Gasteiger partial charge in [-0.3, -0.25) is 0 Å². The minimum Gasteiger partial charge on any atom is -0.389 e. The number of hydrogen-bond acceptors (Lipinski definition) is 3. The van der Waals surface area contributed by atoms with Gasteiger partial charge in [0.25, 0.3) is 0 Å². The Morgan fingerprint density at radius 2 is 1.64 bits per heavy atom. The predicted molar refractivity (Wildman–Crippen MR) is 55.0 cm³/mol.